The van der Waals surface area contributed by atoms with Gasteiger partial charge in [-0.25, -0.2) is 0 Å². The lowest BCUT2D eigenvalue weighted by molar-refractivity contribution is 0.00300. The van der Waals surface area contributed by atoms with Crippen LogP contribution in [0.5, 0.6) is 0 Å². The smallest absolute Gasteiger partial charge is 0.0771 e. The van der Waals surface area contributed by atoms with E-state index in [-0.39, 0.29) is 11.5 Å². The molecular formula is C19H31NO. The van der Waals surface area contributed by atoms with Gasteiger partial charge in [-0.2, -0.15) is 0 Å². The number of hydrogen-bond acceptors (Lipinski definition) is 2. The van der Waals surface area contributed by atoms with Crippen LogP contribution in [0.25, 0.3) is 0 Å². The van der Waals surface area contributed by atoms with Crippen LogP contribution in [0.4, 0.5) is 0 Å². The molecule has 0 saturated heterocycles. The van der Waals surface area contributed by atoms with E-state index in [0.717, 1.165) is 25.7 Å². The van der Waals surface area contributed by atoms with Crippen molar-refractivity contribution in [3.63, 3.8) is 0 Å². The van der Waals surface area contributed by atoms with Crippen molar-refractivity contribution < 1.29 is 5.11 Å². The van der Waals surface area contributed by atoms with Gasteiger partial charge < -0.3 is 10.4 Å². The van der Waals surface area contributed by atoms with Gasteiger partial charge >= 0.3 is 0 Å². The quantitative estimate of drug-likeness (QED) is 0.864. The highest BCUT2D eigenvalue weighted by molar-refractivity contribution is 5.29. The second-order valence-corrected chi connectivity index (χ2v) is 7.76. The topological polar surface area (TPSA) is 32.3 Å². The van der Waals surface area contributed by atoms with Gasteiger partial charge in [0.25, 0.3) is 0 Å². The highest BCUT2D eigenvalue weighted by Gasteiger charge is 2.29. The van der Waals surface area contributed by atoms with Gasteiger partial charge in [0, 0.05) is 12.6 Å². The van der Waals surface area contributed by atoms with Crippen molar-refractivity contribution in [2.75, 3.05) is 6.54 Å². The highest BCUT2D eigenvalue weighted by atomic mass is 16.3. The molecule has 1 saturated carbocycles. The number of rotatable bonds is 4. The van der Waals surface area contributed by atoms with Crippen LogP contribution < -0.4 is 5.32 Å². The van der Waals surface area contributed by atoms with Gasteiger partial charge in [0.05, 0.1) is 5.60 Å². The first-order chi connectivity index (χ1) is 9.80. The average Bonchev–Trinajstić information content (AvgIpc) is 2.45. The zero-order valence-electron chi connectivity index (χ0n) is 14.1. The van der Waals surface area contributed by atoms with E-state index < -0.39 is 5.60 Å². The first kappa shape index (κ1) is 16.5. The Morgan fingerprint density at radius 1 is 1.10 bits per heavy atom. The summed E-state index contributed by atoms with van der Waals surface area (Å²) in [6.45, 7) is 9.60. The molecule has 0 aliphatic heterocycles. The van der Waals surface area contributed by atoms with Crippen molar-refractivity contribution in [3.05, 3.63) is 35.4 Å². The molecule has 118 valence electrons. The van der Waals surface area contributed by atoms with Crippen molar-refractivity contribution in [2.24, 2.45) is 0 Å². The molecule has 21 heavy (non-hydrogen) atoms. The summed E-state index contributed by atoms with van der Waals surface area (Å²) in [4.78, 5) is 0. The van der Waals surface area contributed by atoms with Crippen LogP contribution in [0.2, 0.25) is 0 Å². The second-order valence-electron chi connectivity index (χ2n) is 7.76. The molecule has 2 N–H and O–H groups in total. The maximum absolute atomic E-state index is 10.6. The summed E-state index contributed by atoms with van der Waals surface area (Å²) in [5, 5.41) is 14.1. The van der Waals surface area contributed by atoms with Gasteiger partial charge in [0.15, 0.2) is 0 Å². The minimum absolute atomic E-state index is 0.201. The Hall–Kier alpha value is -0.860. The Balaban J connectivity index is 1.92. The molecule has 1 aromatic carbocycles. The minimum atomic E-state index is -0.488. The van der Waals surface area contributed by atoms with Gasteiger partial charge in [-0.1, -0.05) is 64.3 Å². The van der Waals surface area contributed by atoms with E-state index in [2.05, 4.69) is 57.3 Å². The monoisotopic (exact) mass is 289 g/mol. The molecule has 2 rings (SSSR count). The molecule has 1 aromatic rings. The Labute approximate surface area is 130 Å². The number of nitrogens with one attached hydrogen (secondary N) is 1. The average molecular weight is 289 g/mol. The van der Waals surface area contributed by atoms with Crippen LogP contribution in [0.15, 0.2) is 24.3 Å². The first-order valence-electron chi connectivity index (χ1n) is 8.36. The number of benzene rings is 1. The molecule has 1 fully saturated rings. The molecule has 1 atom stereocenters. The fraction of sp³-hybridized carbons (Fsp3) is 0.684. The summed E-state index contributed by atoms with van der Waals surface area (Å²) in [5.41, 5.74) is 2.37. The molecule has 0 spiro atoms. The zero-order valence-corrected chi connectivity index (χ0v) is 14.1. The summed E-state index contributed by atoms with van der Waals surface area (Å²) in [7, 11) is 0. The SMILES string of the molecule is CC(NCC1(O)CCCCC1)c1ccc(C(C)(C)C)cc1. The van der Waals surface area contributed by atoms with E-state index in [9.17, 15) is 5.11 Å². The van der Waals surface area contributed by atoms with Gasteiger partial charge in [-0.3, -0.25) is 0 Å². The molecule has 0 radical (unpaired) electrons. The standard InChI is InChI=1S/C19H31NO/c1-15(20-14-19(21)12-6-5-7-13-19)16-8-10-17(11-9-16)18(2,3)4/h8-11,15,20-21H,5-7,12-14H2,1-4H3. The van der Waals surface area contributed by atoms with E-state index in [1.165, 1.54) is 17.5 Å². The third kappa shape index (κ3) is 4.55. The van der Waals surface area contributed by atoms with E-state index in [1.54, 1.807) is 0 Å². The summed E-state index contributed by atoms with van der Waals surface area (Å²) in [6, 6.07) is 9.16. The van der Waals surface area contributed by atoms with Gasteiger partial charge in [0.1, 0.15) is 0 Å². The van der Waals surface area contributed by atoms with Crippen LogP contribution in [0.1, 0.15) is 77.0 Å². The minimum Gasteiger partial charge on any atom is -0.389 e. The molecule has 1 aliphatic rings. The third-order valence-electron chi connectivity index (χ3n) is 4.80. The van der Waals surface area contributed by atoms with Crippen molar-refractivity contribution in [3.8, 4) is 0 Å². The molecule has 0 bridgehead atoms. The van der Waals surface area contributed by atoms with E-state index in [1.807, 2.05) is 0 Å². The largest absolute Gasteiger partial charge is 0.389 e. The van der Waals surface area contributed by atoms with Crippen LogP contribution in [-0.2, 0) is 5.41 Å². The Morgan fingerprint density at radius 2 is 1.67 bits per heavy atom. The van der Waals surface area contributed by atoms with Crippen molar-refractivity contribution in [1.29, 1.82) is 0 Å². The summed E-state index contributed by atoms with van der Waals surface area (Å²) in [5.74, 6) is 0. The van der Waals surface area contributed by atoms with Crippen LogP contribution in [0, 0.1) is 0 Å². The lowest BCUT2D eigenvalue weighted by atomic mass is 9.84. The Kier molecular flexibility index (Phi) is 5.11. The Morgan fingerprint density at radius 3 is 2.19 bits per heavy atom. The fourth-order valence-corrected chi connectivity index (χ4v) is 3.12. The maximum atomic E-state index is 10.6. The lowest BCUT2D eigenvalue weighted by Gasteiger charge is -2.33. The van der Waals surface area contributed by atoms with Crippen molar-refractivity contribution in [1.82, 2.24) is 5.32 Å². The van der Waals surface area contributed by atoms with Crippen molar-refractivity contribution in [2.45, 2.75) is 76.9 Å². The zero-order chi connectivity index (χ0) is 15.5. The van der Waals surface area contributed by atoms with Gasteiger partial charge in [-0.05, 0) is 36.3 Å². The van der Waals surface area contributed by atoms with Gasteiger partial charge in [0.2, 0.25) is 0 Å². The molecule has 0 amide bonds. The maximum Gasteiger partial charge on any atom is 0.0771 e. The predicted molar refractivity (Wildman–Crippen MR) is 89.6 cm³/mol. The summed E-state index contributed by atoms with van der Waals surface area (Å²) in [6.07, 6.45) is 5.47. The summed E-state index contributed by atoms with van der Waals surface area (Å²) >= 11 is 0. The van der Waals surface area contributed by atoms with Gasteiger partial charge in [-0.15, -0.1) is 0 Å². The second kappa shape index (κ2) is 6.50. The molecule has 1 unspecified atom stereocenters. The third-order valence-corrected chi connectivity index (χ3v) is 4.80. The van der Waals surface area contributed by atoms with E-state index in [4.69, 9.17) is 0 Å². The van der Waals surface area contributed by atoms with Crippen LogP contribution in [0.3, 0.4) is 0 Å². The molecule has 1 aliphatic carbocycles. The molecule has 0 aromatic heterocycles. The Bertz CT molecular complexity index is 438. The van der Waals surface area contributed by atoms with E-state index in [0.29, 0.717) is 6.54 Å². The summed E-state index contributed by atoms with van der Waals surface area (Å²) < 4.78 is 0. The highest BCUT2D eigenvalue weighted by Crippen LogP contribution is 2.28. The number of aliphatic hydroxyl groups is 1. The molecule has 2 nitrogen and oxygen atoms in total. The van der Waals surface area contributed by atoms with Crippen LogP contribution in [-0.4, -0.2) is 17.3 Å². The predicted octanol–water partition coefficient (Wildman–Crippen LogP) is 4.33. The molecular weight excluding hydrogens is 258 g/mol. The van der Waals surface area contributed by atoms with Crippen LogP contribution >= 0.6 is 0 Å². The molecule has 2 heteroatoms. The molecule has 0 heterocycles. The normalized spacial score (nSPS) is 20.2. The lowest BCUT2D eigenvalue weighted by Crippen LogP contribution is -2.42. The van der Waals surface area contributed by atoms with E-state index >= 15 is 0 Å². The van der Waals surface area contributed by atoms with Crippen molar-refractivity contribution >= 4 is 0 Å². The fourth-order valence-electron chi connectivity index (χ4n) is 3.12. The number of hydrogen-bond donors (Lipinski definition) is 2. The first-order valence-corrected chi connectivity index (χ1v) is 8.36.